The predicted molar refractivity (Wildman–Crippen MR) is 82.1 cm³/mol. The second-order valence-electron chi connectivity index (χ2n) is 4.81. The first kappa shape index (κ1) is 13.2. The summed E-state index contributed by atoms with van der Waals surface area (Å²) in [5, 5.41) is 3.47. The standard InChI is InChI=1S/C16H18BrN/c1-11-6-12(2)8-15(7-11)18-10-14-5-4-13(3)16(17)9-14/h4-9,18H,10H2,1-3H3. The molecular formula is C16H18BrN. The van der Waals surface area contributed by atoms with Gasteiger partial charge in [-0.25, -0.2) is 0 Å². The van der Waals surface area contributed by atoms with Crippen molar-refractivity contribution in [1.29, 1.82) is 0 Å². The first-order valence-corrected chi connectivity index (χ1v) is 6.91. The number of halogens is 1. The van der Waals surface area contributed by atoms with E-state index < -0.39 is 0 Å². The average Bonchev–Trinajstić information content (AvgIpc) is 2.29. The molecule has 0 amide bonds. The van der Waals surface area contributed by atoms with Gasteiger partial charge in [0.25, 0.3) is 0 Å². The quantitative estimate of drug-likeness (QED) is 0.842. The van der Waals surface area contributed by atoms with Crippen LogP contribution in [0.3, 0.4) is 0 Å². The van der Waals surface area contributed by atoms with E-state index in [9.17, 15) is 0 Å². The van der Waals surface area contributed by atoms with Gasteiger partial charge in [0.15, 0.2) is 0 Å². The van der Waals surface area contributed by atoms with Gasteiger partial charge in [0.1, 0.15) is 0 Å². The van der Waals surface area contributed by atoms with E-state index in [4.69, 9.17) is 0 Å². The Kier molecular flexibility index (Phi) is 4.07. The van der Waals surface area contributed by atoms with Crippen molar-refractivity contribution >= 4 is 21.6 Å². The minimum atomic E-state index is 0.849. The summed E-state index contributed by atoms with van der Waals surface area (Å²) in [7, 11) is 0. The lowest BCUT2D eigenvalue weighted by atomic mass is 10.1. The van der Waals surface area contributed by atoms with E-state index in [-0.39, 0.29) is 0 Å². The smallest absolute Gasteiger partial charge is 0.0401 e. The zero-order valence-corrected chi connectivity index (χ0v) is 12.6. The predicted octanol–water partition coefficient (Wildman–Crippen LogP) is 4.99. The Bertz CT molecular complexity index is 541. The van der Waals surface area contributed by atoms with Crippen molar-refractivity contribution in [3.05, 3.63) is 63.1 Å². The maximum atomic E-state index is 3.57. The summed E-state index contributed by atoms with van der Waals surface area (Å²) in [5.74, 6) is 0. The topological polar surface area (TPSA) is 12.0 Å². The van der Waals surface area contributed by atoms with Gasteiger partial charge in [-0.2, -0.15) is 0 Å². The SMILES string of the molecule is Cc1cc(C)cc(NCc2ccc(C)c(Br)c2)c1. The van der Waals surface area contributed by atoms with Crippen molar-refractivity contribution in [2.24, 2.45) is 0 Å². The molecule has 94 valence electrons. The van der Waals surface area contributed by atoms with Gasteiger partial charge in [0.2, 0.25) is 0 Å². The van der Waals surface area contributed by atoms with Crippen molar-refractivity contribution in [2.75, 3.05) is 5.32 Å². The second-order valence-corrected chi connectivity index (χ2v) is 5.67. The fourth-order valence-corrected chi connectivity index (χ4v) is 2.45. The number of benzene rings is 2. The molecule has 2 aromatic rings. The maximum Gasteiger partial charge on any atom is 0.0401 e. The minimum absolute atomic E-state index is 0.849. The second kappa shape index (κ2) is 5.57. The van der Waals surface area contributed by atoms with Gasteiger partial charge in [-0.1, -0.05) is 34.1 Å². The van der Waals surface area contributed by atoms with E-state index in [1.54, 1.807) is 0 Å². The lowest BCUT2D eigenvalue weighted by Crippen LogP contribution is -2.00. The molecule has 1 nitrogen and oxygen atoms in total. The molecule has 0 fully saturated rings. The Balaban J connectivity index is 2.08. The van der Waals surface area contributed by atoms with Gasteiger partial charge in [-0.3, -0.25) is 0 Å². The Labute approximate surface area is 117 Å². The molecule has 0 aliphatic rings. The largest absolute Gasteiger partial charge is 0.381 e. The zero-order valence-electron chi connectivity index (χ0n) is 11.0. The van der Waals surface area contributed by atoms with Gasteiger partial charge < -0.3 is 5.32 Å². The number of hydrogen-bond acceptors (Lipinski definition) is 1. The van der Waals surface area contributed by atoms with Crippen molar-refractivity contribution in [3.8, 4) is 0 Å². The Morgan fingerprint density at radius 1 is 0.944 bits per heavy atom. The lowest BCUT2D eigenvalue weighted by molar-refractivity contribution is 1.13. The van der Waals surface area contributed by atoms with E-state index >= 15 is 0 Å². The summed E-state index contributed by atoms with van der Waals surface area (Å²) in [4.78, 5) is 0. The van der Waals surface area contributed by atoms with E-state index in [0.717, 1.165) is 6.54 Å². The third kappa shape index (κ3) is 3.36. The third-order valence-electron chi connectivity index (χ3n) is 2.95. The van der Waals surface area contributed by atoms with Crippen molar-refractivity contribution in [3.63, 3.8) is 0 Å². The number of aryl methyl sites for hydroxylation is 3. The van der Waals surface area contributed by atoms with Crippen LogP contribution < -0.4 is 5.32 Å². The molecule has 18 heavy (non-hydrogen) atoms. The van der Waals surface area contributed by atoms with Gasteiger partial charge >= 0.3 is 0 Å². The first-order valence-electron chi connectivity index (χ1n) is 6.12. The highest BCUT2D eigenvalue weighted by atomic mass is 79.9. The highest BCUT2D eigenvalue weighted by Crippen LogP contribution is 2.19. The number of hydrogen-bond donors (Lipinski definition) is 1. The third-order valence-corrected chi connectivity index (χ3v) is 3.81. The van der Waals surface area contributed by atoms with E-state index in [1.165, 1.54) is 32.4 Å². The highest BCUT2D eigenvalue weighted by Gasteiger charge is 1.99. The fraction of sp³-hybridized carbons (Fsp3) is 0.250. The Morgan fingerprint density at radius 3 is 2.22 bits per heavy atom. The minimum Gasteiger partial charge on any atom is -0.381 e. The maximum absolute atomic E-state index is 3.57. The molecule has 0 aliphatic carbocycles. The normalized spacial score (nSPS) is 10.4. The van der Waals surface area contributed by atoms with Crippen LogP contribution in [0.2, 0.25) is 0 Å². The molecular weight excluding hydrogens is 286 g/mol. The molecule has 0 unspecified atom stereocenters. The summed E-state index contributed by atoms with van der Waals surface area (Å²) in [6.07, 6.45) is 0. The van der Waals surface area contributed by atoms with Crippen LogP contribution in [0.5, 0.6) is 0 Å². The van der Waals surface area contributed by atoms with E-state index in [1.807, 2.05) is 0 Å². The van der Waals surface area contributed by atoms with Crippen LogP contribution in [0.1, 0.15) is 22.3 Å². The molecule has 0 saturated carbocycles. The molecule has 0 saturated heterocycles. The number of nitrogens with one attached hydrogen (secondary N) is 1. The molecule has 2 heteroatoms. The summed E-state index contributed by atoms with van der Waals surface area (Å²) < 4.78 is 1.17. The molecule has 1 N–H and O–H groups in total. The number of anilines is 1. The van der Waals surface area contributed by atoms with Crippen LogP contribution in [0, 0.1) is 20.8 Å². The van der Waals surface area contributed by atoms with Crippen LogP contribution in [0.15, 0.2) is 40.9 Å². The zero-order chi connectivity index (χ0) is 13.1. The average molecular weight is 304 g/mol. The van der Waals surface area contributed by atoms with Gasteiger partial charge in [-0.15, -0.1) is 0 Å². The molecule has 2 rings (SSSR count). The van der Waals surface area contributed by atoms with Crippen molar-refractivity contribution in [2.45, 2.75) is 27.3 Å². The van der Waals surface area contributed by atoms with E-state index in [0.29, 0.717) is 0 Å². The molecule has 0 spiro atoms. The summed E-state index contributed by atoms with van der Waals surface area (Å²) in [6.45, 7) is 7.20. The highest BCUT2D eigenvalue weighted by molar-refractivity contribution is 9.10. The first-order chi connectivity index (χ1) is 8.54. The van der Waals surface area contributed by atoms with E-state index in [2.05, 4.69) is 78.4 Å². The van der Waals surface area contributed by atoms with Crippen molar-refractivity contribution in [1.82, 2.24) is 0 Å². The molecule has 2 aromatic carbocycles. The van der Waals surface area contributed by atoms with Crippen LogP contribution >= 0.6 is 15.9 Å². The Morgan fingerprint density at radius 2 is 1.61 bits per heavy atom. The van der Waals surface area contributed by atoms with Gasteiger partial charge in [0, 0.05) is 16.7 Å². The molecule has 0 atom stereocenters. The van der Waals surface area contributed by atoms with Gasteiger partial charge in [0.05, 0.1) is 0 Å². The summed E-state index contributed by atoms with van der Waals surface area (Å²) in [6, 6.07) is 13.0. The molecule has 0 aliphatic heterocycles. The Hall–Kier alpha value is -1.28. The fourth-order valence-electron chi connectivity index (χ4n) is 2.03. The van der Waals surface area contributed by atoms with Crippen LogP contribution in [0.25, 0.3) is 0 Å². The molecule has 0 heterocycles. The monoisotopic (exact) mass is 303 g/mol. The van der Waals surface area contributed by atoms with Crippen molar-refractivity contribution < 1.29 is 0 Å². The summed E-state index contributed by atoms with van der Waals surface area (Å²) in [5.41, 5.74) is 6.33. The number of rotatable bonds is 3. The van der Waals surface area contributed by atoms with Crippen LogP contribution in [-0.4, -0.2) is 0 Å². The van der Waals surface area contributed by atoms with Crippen LogP contribution in [0.4, 0.5) is 5.69 Å². The molecule has 0 aromatic heterocycles. The van der Waals surface area contributed by atoms with Gasteiger partial charge in [-0.05, 0) is 61.2 Å². The molecule has 0 bridgehead atoms. The molecule has 0 radical (unpaired) electrons. The summed E-state index contributed by atoms with van der Waals surface area (Å²) >= 11 is 3.57. The lowest BCUT2D eigenvalue weighted by Gasteiger charge is -2.09. The van der Waals surface area contributed by atoms with Crippen LogP contribution in [-0.2, 0) is 6.54 Å².